The topological polar surface area (TPSA) is 99.9 Å². The normalized spacial score (nSPS) is 10.7. The van der Waals surface area contributed by atoms with Gasteiger partial charge in [-0.25, -0.2) is 4.68 Å². The van der Waals surface area contributed by atoms with Crippen molar-refractivity contribution >= 4 is 5.69 Å². The van der Waals surface area contributed by atoms with E-state index in [-0.39, 0.29) is 12.2 Å². The fraction of sp³-hybridized carbons (Fsp3) is 0.125. The summed E-state index contributed by atoms with van der Waals surface area (Å²) in [6, 6.07) is 14.1. The van der Waals surface area contributed by atoms with Crippen molar-refractivity contribution in [3.63, 3.8) is 0 Å². The standard InChI is InChI=1S/C16H15N5O2/c1-11-5-2-3-8-14(11)16-15(10-17)18-19-20(16)12-6-4-7-13(9-12)21(22)23/h2-9H,10,17H2,1H3. The summed E-state index contributed by atoms with van der Waals surface area (Å²) in [7, 11) is 0. The molecule has 2 aromatic carbocycles. The zero-order valence-electron chi connectivity index (χ0n) is 12.5. The lowest BCUT2D eigenvalue weighted by Gasteiger charge is -2.10. The van der Waals surface area contributed by atoms with Crippen molar-refractivity contribution in [3.8, 4) is 16.9 Å². The third-order valence-electron chi connectivity index (χ3n) is 3.62. The van der Waals surface area contributed by atoms with Crippen LogP contribution in [-0.4, -0.2) is 19.9 Å². The highest BCUT2D eigenvalue weighted by atomic mass is 16.6. The molecule has 3 aromatic rings. The van der Waals surface area contributed by atoms with E-state index in [1.54, 1.807) is 16.8 Å². The molecule has 0 atom stereocenters. The largest absolute Gasteiger partial charge is 0.325 e. The SMILES string of the molecule is Cc1ccccc1-c1c(CN)nnn1-c1cccc([N+](=O)[O-])c1. The predicted octanol–water partition coefficient (Wildman–Crippen LogP) is 2.61. The minimum Gasteiger partial charge on any atom is -0.325 e. The fourth-order valence-electron chi connectivity index (χ4n) is 2.48. The predicted molar refractivity (Wildman–Crippen MR) is 86.1 cm³/mol. The van der Waals surface area contributed by atoms with Crippen LogP contribution in [0.5, 0.6) is 0 Å². The van der Waals surface area contributed by atoms with E-state index in [0.717, 1.165) is 16.8 Å². The van der Waals surface area contributed by atoms with Crippen LogP contribution < -0.4 is 5.73 Å². The van der Waals surface area contributed by atoms with Crippen molar-refractivity contribution in [3.05, 3.63) is 69.9 Å². The maximum atomic E-state index is 11.0. The number of hydrogen-bond donors (Lipinski definition) is 1. The molecule has 0 aliphatic rings. The number of hydrogen-bond acceptors (Lipinski definition) is 5. The second-order valence-corrected chi connectivity index (χ2v) is 5.09. The van der Waals surface area contributed by atoms with Crippen LogP contribution in [-0.2, 0) is 6.54 Å². The van der Waals surface area contributed by atoms with Crippen molar-refractivity contribution < 1.29 is 4.92 Å². The molecule has 1 heterocycles. The van der Waals surface area contributed by atoms with E-state index in [1.807, 2.05) is 31.2 Å². The summed E-state index contributed by atoms with van der Waals surface area (Å²) in [5.74, 6) is 0. The van der Waals surface area contributed by atoms with Crippen molar-refractivity contribution in [2.24, 2.45) is 5.73 Å². The van der Waals surface area contributed by atoms with Gasteiger partial charge in [0.05, 0.1) is 16.3 Å². The Bertz CT molecular complexity index is 872. The Kier molecular flexibility index (Phi) is 3.86. The Balaban J connectivity index is 2.22. The van der Waals surface area contributed by atoms with Gasteiger partial charge in [0.2, 0.25) is 0 Å². The molecule has 0 amide bonds. The van der Waals surface area contributed by atoms with Crippen LogP contribution in [0.2, 0.25) is 0 Å². The van der Waals surface area contributed by atoms with E-state index in [0.29, 0.717) is 11.4 Å². The Morgan fingerprint density at radius 3 is 2.70 bits per heavy atom. The number of benzene rings is 2. The van der Waals surface area contributed by atoms with Gasteiger partial charge in [0, 0.05) is 24.2 Å². The Morgan fingerprint density at radius 1 is 1.22 bits per heavy atom. The molecule has 0 saturated carbocycles. The summed E-state index contributed by atoms with van der Waals surface area (Å²) in [6.45, 7) is 2.22. The minimum absolute atomic E-state index is 0.00281. The second-order valence-electron chi connectivity index (χ2n) is 5.09. The first-order valence-corrected chi connectivity index (χ1v) is 7.07. The summed E-state index contributed by atoms with van der Waals surface area (Å²) < 4.78 is 1.59. The first-order chi connectivity index (χ1) is 11.1. The molecule has 7 nitrogen and oxygen atoms in total. The van der Waals surface area contributed by atoms with Crippen LogP contribution in [0.4, 0.5) is 5.69 Å². The number of rotatable bonds is 4. The third-order valence-corrected chi connectivity index (χ3v) is 3.62. The summed E-state index contributed by atoms with van der Waals surface area (Å²) in [5.41, 5.74) is 9.76. The van der Waals surface area contributed by atoms with E-state index in [9.17, 15) is 10.1 Å². The second kappa shape index (κ2) is 5.98. The molecule has 2 N–H and O–H groups in total. The molecule has 0 radical (unpaired) electrons. The number of nitrogens with zero attached hydrogens (tertiary/aromatic N) is 4. The molecule has 0 saturated heterocycles. The molecule has 0 aliphatic heterocycles. The zero-order chi connectivity index (χ0) is 16.4. The van der Waals surface area contributed by atoms with Crippen molar-refractivity contribution in [1.29, 1.82) is 0 Å². The number of aryl methyl sites for hydroxylation is 1. The van der Waals surface area contributed by atoms with Gasteiger partial charge < -0.3 is 5.73 Å². The highest BCUT2D eigenvalue weighted by Gasteiger charge is 2.18. The smallest absolute Gasteiger partial charge is 0.271 e. The minimum atomic E-state index is -0.433. The molecule has 0 aliphatic carbocycles. The van der Waals surface area contributed by atoms with E-state index in [2.05, 4.69) is 10.3 Å². The molecule has 0 fully saturated rings. The molecule has 23 heavy (non-hydrogen) atoms. The lowest BCUT2D eigenvalue weighted by molar-refractivity contribution is -0.384. The van der Waals surface area contributed by atoms with Crippen LogP contribution in [0.25, 0.3) is 16.9 Å². The first-order valence-electron chi connectivity index (χ1n) is 7.07. The van der Waals surface area contributed by atoms with Crippen LogP contribution in [0, 0.1) is 17.0 Å². The van der Waals surface area contributed by atoms with Gasteiger partial charge in [0.1, 0.15) is 5.69 Å². The van der Waals surface area contributed by atoms with Gasteiger partial charge in [-0.3, -0.25) is 10.1 Å². The molecular formula is C16H15N5O2. The number of nitrogens with two attached hydrogens (primary N) is 1. The quantitative estimate of drug-likeness (QED) is 0.590. The van der Waals surface area contributed by atoms with Crippen molar-refractivity contribution in [2.45, 2.75) is 13.5 Å². The number of nitro groups is 1. The Morgan fingerprint density at radius 2 is 2.00 bits per heavy atom. The van der Waals surface area contributed by atoms with Gasteiger partial charge in [0.25, 0.3) is 5.69 Å². The summed E-state index contributed by atoms with van der Waals surface area (Å²) >= 11 is 0. The molecule has 3 rings (SSSR count). The zero-order valence-corrected chi connectivity index (χ0v) is 12.5. The van der Waals surface area contributed by atoms with E-state index in [1.165, 1.54) is 12.1 Å². The molecule has 7 heteroatoms. The highest BCUT2D eigenvalue weighted by molar-refractivity contribution is 5.68. The van der Waals surface area contributed by atoms with E-state index >= 15 is 0 Å². The average molecular weight is 309 g/mol. The number of nitro benzene ring substituents is 1. The molecule has 0 spiro atoms. The maximum absolute atomic E-state index is 11.0. The van der Waals surface area contributed by atoms with E-state index < -0.39 is 4.92 Å². The molecule has 0 bridgehead atoms. The fourth-order valence-corrected chi connectivity index (χ4v) is 2.48. The van der Waals surface area contributed by atoms with Gasteiger partial charge in [-0.1, -0.05) is 35.5 Å². The van der Waals surface area contributed by atoms with Gasteiger partial charge >= 0.3 is 0 Å². The molecule has 0 unspecified atom stereocenters. The highest BCUT2D eigenvalue weighted by Crippen LogP contribution is 2.28. The van der Waals surface area contributed by atoms with Crippen molar-refractivity contribution in [2.75, 3.05) is 0 Å². The van der Waals surface area contributed by atoms with Gasteiger partial charge in [0.15, 0.2) is 0 Å². The lowest BCUT2D eigenvalue weighted by Crippen LogP contribution is -2.04. The Labute approximate surface area is 132 Å². The monoisotopic (exact) mass is 309 g/mol. The van der Waals surface area contributed by atoms with Crippen LogP contribution in [0.15, 0.2) is 48.5 Å². The molecular weight excluding hydrogens is 294 g/mol. The van der Waals surface area contributed by atoms with Gasteiger partial charge in [-0.15, -0.1) is 5.10 Å². The number of aromatic nitrogens is 3. The van der Waals surface area contributed by atoms with Crippen LogP contribution >= 0.6 is 0 Å². The molecule has 116 valence electrons. The summed E-state index contributed by atoms with van der Waals surface area (Å²) in [5, 5.41) is 19.3. The summed E-state index contributed by atoms with van der Waals surface area (Å²) in [4.78, 5) is 10.6. The van der Waals surface area contributed by atoms with E-state index in [4.69, 9.17) is 5.73 Å². The average Bonchev–Trinajstić information content (AvgIpc) is 2.99. The first kappa shape index (κ1) is 14.9. The maximum Gasteiger partial charge on any atom is 0.271 e. The number of non-ortho nitro benzene ring substituents is 1. The molecule has 1 aromatic heterocycles. The lowest BCUT2D eigenvalue weighted by atomic mass is 10.0. The van der Waals surface area contributed by atoms with Crippen molar-refractivity contribution in [1.82, 2.24) is 15.0 Å². The van der Waals surface area contributed by atoms with Gasteiger partial charge in [-0.05, 0) is 18.6 Å². The van der Waals surface area contributed by atoms with Crippen LogP contribution in [0.1, 0.15) is 11.3 Å². The van der Waals surface area contributed by atoms with Crippen LogP contribution in [0.3, 0.4) is 0 Å². The third kappa shape index (κ3) is 2.69. The Hall–Kier alpha value is -3.06. The van der Waals surface area contributed by atoms with Gasteiger partial charge in [-0.2, -0.15) is 0 Å². The summed E-state index contributed by atoms with van der Waals surface area (Å²) in [6.07, 6.45) is 0.